The highest BCUT2D eigenvalue weighted by molar-refractivity contribution is 7.89. The van der Waals surface area contributed by atoms with Gasteiger partial charge in [0.05, 0.1) is 23.8 Å². The molecule has 1 aliphatic heterocycles. The molecule has 2 aromatic carbocycles. The molecule has 2 heterocycles. The number of morpholine rings is 1. The summed E-state index contributed by atoms with van der Waals surface area (Å²) in [4.78, 5) is 17.1. The number of anilines is 1. The number of ether oxygens (including phenoxy) is 1. The molecule has 1 fully saturated rings. The second kappa shape index (κ2) is 9.21. The molecule has 1 amide bonds. The summed E-state index contributed by atoms with van der Waals surface area (Å²) < 4.78 is 33.9. The molecule has 1 aliphatic rings. The van der Waals surface area contributed by atoms with Crippen molar-refractivity contribution in [2.75, 3.05) is 31.6 Å². The predicted molar refractivity (Wildman–Crippen MR) is 128 cm³/mol. The lowest BCUT2D eigenvalue weighted by molar-refractivity contribution is 0.0730. The number of carbonyl (C=O) groups is 1. The number of aromatic hydroxyl groups is 1. The molecule has 0 atom stereocenters. The topological polar surface area (TPSA) is 114 Å². The second-order valence-corrected chi connectivity index (χ2v) is 11.1. The Bertz CT molecular complexity index is 1290. The number of phenolic OH excluding ortho intramolecular Hbond substituents is 1. The van der Waals surface area contributed by atoms with Gasteiger partial charge in [-0.05, 0) is 47.4 Å². The largest absolute Gasteiger partial charge is 0.506 e. The van der Waals surface area contributed by atoms with E-state index in [1.54, 1.807) is 35.0 Å². The van der Waals surface area contributed by atoms with E-state index in [1.807, 2.05) is 26.8 Å². The van der Waals surface area contributed by atoms with Gasteiger partial charge in [-0.3, -0.25) is 4.79 Å². The minimum Gasteiger partial charge on any atom is -0.506 e. The number of carbonyl (C=O) groups excluding carboxylic acids is 1. The summed E-state index contributed by atoms with van der Waals surface area (Å²) in [5, 5.41) is 12.9. The van der Waals surface area contributed by atoms with Gasteiger partial charge in [-0.1, -0.05) is 26.8 Å². The van der Waals surface area contributed by atoms with Crippen LogP contribution >= 0.6 is 0 Å². The first kappa shape index (κ1) is 23.9. The van der Waals surface area contributed by atoms with E-state index in [1.165, 1.54) is 22.8 Å². The number of benzene rings is 2. The molecule has 0 aliphatic carbocycles. The van der Waals surface area contributed by atoms with Gasteiger partial charge in [0.15, 0.2) is 0 Å². The van der Waals surface area contributed by atoms with Crippen molar-refractivity contribution in [1.29, 1.82) is 0 Å². The number of sulfonamides is 1. The summed E-state index contributed by atoms with van der Waals surface area (Å²) in [7, 11) is -3.58. The van der Waals surface area contributed by atoms with Crippen LogP contribution in [0.3, 0.4) is 0 Å². The maximum atomic E-state index is 12.8. The van der Waals surface area contributed by atoms with Crippen molar-refractivity contribution < 1.29 is 23.1 Å². The molecule has 34 heavy (non-hydrogen) atoms. The number of rotatable bonds is 5. The van der Waals surface area contributed by atoms with Crippen molar-refractivity contribution in [3.05, 3.63) is 66.2 Å². The zero-order chi connectivity index (χ0) is 24.5. The van der Waals surface area contributed by atoms with Crippen LogP contribution in [0.4, 0.5) is 5.69 Å². The Balaban J connectivity index is 1.50. The van der Waals surface area contributed by atoms with Crippen LogP contribution in [0.15, 0.2) is 59.9 Å². The monoisotopic (exact) mass is 484 g/mol. The van der Waals surface area contributed by atoms with Gasteiger partial charge in [-0.15, -0.1) is 0 Å². The van der Waals surface area contributed by atoms with Crippen molar-refractivity contribution in [3.63, 3.8) is 0 Å². The van der Waals surface area contributed by atoms with Crippen molar-refractivity contribution in [2.24, 2.45) is 0 Å². The number of aromatic nitrogens is 2. The number of nitrogens with zero attached hydrogens (tertiary/aromatic N) is 3. The van der Waals surface area contributed by atoms with Crippen molar-refractivity contribution in [3.8, 4) is 11.4 Å². The van der Waals surface area contributed by atoms with Gasteiger partial charge < -0.3 is 19.7 Å². The van der Waals surface area contributed by atoms with Crippen molar-refractivity contribution in [1.82, 2.24) is 13.9 Å². The Morgan fingerprint density at radius 1 is 1.09 bits per heavy atom. The summed E-state index contributed by atoms with van der Waals surface area (Å²) in [5.41, 5.74) is 1.95. The number of amides is 1. The number of hydrogen-bond donors (Lipinski definition) is 2. The van der Waals surface area contributed by atoms with Gasteiger partial charge in [0.25, 0.3) is 5.91 Å². The van der Waals surface area contributed by atoms with Crippen LogP contribution in [0.2, 0.25) is 0 Å². The summed E-state index contributed by atoms with van der Waals surface area (Å²) in [5.74, 6) is -0.496. The highest BCUT2D eigenvalue weighted by Crippen LogP contribution is 2.31. The Kier molecular flexibility index (Phi) is 6.48. The lowest BCUT2D eigenvalue weighted by Gasteiger charge is -2.26. The normalized spacial score (nSPS) is 15.3. The fourth-order valence-corrected chi connectivity index (χ4v) is 5.00. The van der Waals surface area contributed by atoms with E-state index >= 15 is 0 Å². The van der Waals surface area contributed by atoms with Gasteiger partial charge in [0, 0.05) is 25.0 Å². The van der Waals surface area contributed by atoms with Gasteiger partial charge in [0.1, 0.15) is 17.8 Å². The van der Waals surface area contributed by atoms with Crippen LogP contribution in [0.1, 0.15) is 36.8 Å². The van der Waals surface area contributed by atoms with Crippen LogP contribution in [-0.4, -0.2) is 59.6 Å². The molecule has 180 valence electrons. The third-order valence-electron chi connectivity index (χ3n) is 5.67. The fourth-order valence-electron chi connectivity index (χ4n) is 3.60. The first-order valence-corrected chi connectivity index (χ1v) is 12.4. The Hall–Kier alpha value is -3.21. The van der Waals surface area contributed by atoms with Gasteiger partial charge in [-0.2, -0.15) is 4.31 Å². The minimum absolute atomic E-state index is 0.0298. The van der Waals surface area contributed by atoms with Crippen molar-refractivity contribution in [2.45, 2.75) is 31.1 Å². The van der Waals surface area contributed by atoms with Crippen LogP contribution in [0.25, 0.3) is 5.69 Å². The molecule has 10 heteroatoms. The Morgan fingerprint density at radius 2 is 1.76 bits per heavy atom. The molecular weight excluding hydrogens is 456 g/mol. The molecule has 0 saturated carbocycles. The van der Waals surface area contributed by atoms with Gasteiger partial charge in [0.2, 0.25) is 10.0 Å². The summed E-state index contributed by atoms with van der Waals surface area (Å²) in [6.07, 6.45) is 3.03. The van der Waals surface area contributed by atoms with E-state index in [2.05, 4.69) is 10.3 Å². The molecule has 0 bridgehead atoms. The van der Waals surface area contributed by atoms with Crippen LogP contribution in [0.5, 0.6) is 5.75 Å². The standard InChI is InChI=1S/C24H28N4O5S/c1-24(2,3)17-4-9-22(29)20(14-17)26-23(30)21-15-27(16-25-21)18-5-7-19(8-6-18)34(31,32)28-10-12-33-13-11-28/h4-9,14-16,29H,10-13H2,1-3H3,(H,26,30). The Morgan fingerprint density at radius 3 is 2.41 bits per heavy atom. The van der Waals surface area contributed by atoms with E-state index in [0.717, 1.165) is 5.56 Å². The van der Waals surface area contributed by atoms with Gasteiger partial charge in [-0.25, -0.2) is 13.4 Å². The fraction of sp³-hybridized carbons (Fsp3) is 0.333. The molecule has 3 aromatic rings. The summed E-state index contributed by atoms with van der Waals surface area (Å²) in [6, 6.07) is 11.5. The van der Waals surface area contributed by atoms with E-state index in [4.69, 9.17) is 4.74 Å². The highest BCUT2D eigenvalue weighted by atomic mass is 32.2. The number of nitrogens with one attached hydrogen (secondary N) is 1. The maximum absolute atomic E-state index is 12.8. The average Bonchev–Trinajstić information content (AvgIpc) is 3.31. The lowest BCUT2D eigenvalue weighted by Crippen LogP contribution is -2.40. The lowest BCUT2D eigenvalue weighted by atomic mass is 9.87. The molecule has 0 unspecified atom stereocenters. The maximum Gasteiger partial charge on any atom is 0.275 e. The molecule has 0 radical (unpaired) electrons. The quantitative estimate of drug-likeness (QED) is 0.538. The smallest absolute Gasteiger partial charge is 0.275 e. The molecule has 1 saturated heterocycles. The molecule has 1 aromatic heterocycles. The molecule has 2 N–H and O–H groups in total. The van der Waals surface area contributed by atoms with Gasteiger partial charge >= 0.3 is 0 Å². The first-order valence-electron chi connectivity index (χ1n) is 10.9. The van der Waals surface area contributed by atoms with Crippen LogP contribution in [-0.2, 0) is 20.2 Å². The van der Waals surface area contributed by atoms with Crippen LogP contribution in [0, 0.1) is 0 Å². The molecule has 4 rings (SSSR count). The average molecular weight is 485 g/mol. The summed E-state index contributed by atoms with van der Waals surface area (Å²) in [6.45, 7) is 7.57. The van der Waals surface area contributed by atoms with Crippen molar-refractivity contribution >= 4 is 21.6 Å². The zero-order valence-corrected chi connectivity index (χ0v) is 20.2. The summed E-state index contributed by atoms with van der Waals surface area (Å²) >= 11 is 0. The van der Waals surface area contributed by atoms with E-state index < -0.39 is 15.9 Å². The number of imidazole rings is 1. The molecule has 9 nitrogen and oxygen atoms in total. The predicted octanol–water partition coefficient (Wildman–Crippen LogP) is 3.15. The van der Waals surface area contributed by atoms with E-state index in [9.17, 15) is 18.3 Å². The highest BCUT2D eigenvalue weighted by Gasteiger charge is 2.26. The van der Waals surface area contributed by atoms with E-state index in [-0.39, 0.29) is 21.8 Å². The number of phenols is 1. The first-order chi connectivity index (χ1) is 16.1. The Labute approximate surface area is 199 Å². The molecular formula is C24H28N4O5S. The minimum atomic E-state index is -3.58. The second-order valence-electron chi connectivity index (χ2n) is 9.11. The molecule has 0 spiro atoms. The third kappa shape index (κ3) is 4.98. The third-order valence-corrected chi connectivity index (χ3v) is 7.58. The zero-order valence-electron chi connectivity index (χ0n) is 19.4. The number of hydrogen-bond acceptors (Lipinski definition) is 6. The van der Waals surface area contributed by atoms with Crippen LogP contribution < -0.4 is 5.32 Å². The SMILES string of the molecule is CC(C)(C)c1ccc(O)c(NC(=O)c2cn(-c3ccc(S(=O)(=O)N4CCOCC4)cc3)cn2)c1. The van der Waals surface area contributed by atoms with E-state index in [0.29, 0.717) is 37.7 Å².